The van der Waals surface area contributed by atoms with Gasteiger partial charge in [-0.15, -0.1) is 0 Å². The fourth-order valence-corrected chi connectivity index (χ4v) is 4.18. The predicted octanol–water partition coefficient (Wildman–Crippen LogP) is 7.74. The van der Waals surface area contributed by atoms with E-state index < -0.39 is 17.5 Å². The summed E-state index contributed by atoms with van der Waals surface area (Å²) in [6.45, 7) is 9.37. The Kier molecular flexibility index (Phi) is 8.99. The molecule has 0 N–H and O–H groups in total. The van der Waals surface area contributed by atoms with Crippen LogP contribution < -0.4 is 0 Å². The van der Waals surface area contributed by atoms with E-state index in [1.165, 1.54) is 0 Å². The lowest BCUT2D eigenvalue weighted by Crippen LogP contribution is -2.20. The Morgan fingerprint density at radius 2 is 1.65 bits per heavy atom. The van der Waals surface area contributed by atoms with Crippen molar-refractivity contribution in [2.24, 2.45) is 0 Å². The first-order valence-corrected chi connectivity index (χ1v) is 11.4. The SMILES string of the molecule is C=C(/C=C(/F)C(=C)OCc1ccc(-c2ccc(C3CCC(OC)CC3)c(F)c2F)cc1)OCC. The summed E-state index contributed by atoms with van der Waals surface area (Å²) in [4.78, 5) is 0. The summed E-state index contributed by atoms with van der Waals surface area (Å²) in [5.41, 5.74) is 1.91. The number of allylic oxidation sites excluding steroid dienone is 2. The van der Waals surface area contributed by atoms with Gasteiger partial charge in [-0.05, 0) is 55.2 Å². The molecule has 1 aliphatic rings. The van der Waals surface area contributed by atoms with Gasteiger partial charge in [0.1, 0.15) is 18.1 Å². The second kappa shape index (κ2) is 11.9. The molecule has 1 fully saturated rings. The first-order chi connectivity index (χ1) is 16.3. The molecule has 0 spiro atoms. The average Bonchev–Trinajstić information content (AvgIpc) is 2.85. The smallest absolute Gasteiger partial charge is 0.168 e. The van der Waals surface area contributed by atoms with Crippen molar-refractivity contribution in [3.8, 4) is 11.1 Å². The number of halogens is 3. The Bertz CT molecular complexity index is 1040. The summed E-state index contributed by atoms with van der Waals surface area (Å²) in [5, 5.41) is 0. The summed E-state index contributed by atoms with van der Waals surface area (Å²) in [6, 6.07) is 10.1. The minimum atomic E-state index is -0.842. The van der Waals surface area contributed by atoms with Gasteiger partial charge in [-0.2, -0.15) is 0 Å². The van der Waals surface area contributed by atoms with Crippen molar-refractivity contribution >= 4 is 0 Å². The quantitative estimate of drug-likeness (QED) is 0.261. The standard InChI is InChI=1S/C28H31F3O3/c1-5-33-18(2)16-26(29)19(3)34-17-20-6-8-21(9-7-20)24-14-15-25(28(31)27(24)30)22-10-12-23(32-4)13-11-22/h6-9,14-16,22-23H,2-3,5,10-13,17H2,1,4H3/b26-16+. The van der Waals surface area contributed by atoms with Crippen LogP contribution >= 0.6 is 0 Å². The second-order valence-electron chi connectivity index (χ2n) is 8.34. The van der Waals surface area contributed by atoms with Gasteiger partial charge in [0.2, 0.25) is 0 Å². The summed E-state index contributed by atoms with van der Waals surface area (Å²) in [7, 11) is 1.68. The zero-order valence-electron chi connectivity index (χ0n) is 19.7. The van der Waals surface area contributed by atoms with Crippen LogP contribution in [0, 0.1) is 11.6 Å². The number of hydrogen-bond donors (Lipinski definition) is 0. The van der Waals surface area contributed by atoms with Crippen molar-refractivity contribution < 1.29 is 27.4 Å². The molecule has 182 valence electrons. The van der Waals surface area contributed by atoms with E-state index in [4.69, 9.17) is 14.2 Å². The maximum Gasteiger partial charge on any atom is 0.168 e. The summed E-state index contributed by atoms with van der Waals surface area (Å²) in [6.07, 6.45) is 4.57. The molecule has 0 unspecified atom stereocenters. The molecule has 34 heavy (non-hydrogen) atoms. The van der Waals surface area contributed by atoms with E-state index in [9.17, 15) is 13.2 Å². The molecule has 6 heteroatoms. The summed E-state index contributed by atoms with van der Waals surface area (Å²) in [5.74, 6) is -2.26. The molecule has 3 nitrogen and oxygen atoms in total. The topological polar surface area (TPSA) is 27.7 Å². The molecule has 0 bridgehead atoms. The highest BCUT2D eigenvalue weighted by molar-refractivity contribution is 5.65. The van der Waals surface area contributed by atoms with Crippen molar-refractivity contribution in [1.82, 2.24) is 0 Å². The lowest BCUT2D eigenvalue weighted by atomic mass is 9.82. The summed E-state index contributed by atoms with van der Waals surface area (Å²) >= 11 is 0. The van der Waals surface area contributed by atoms with Crippen molar-refractivity contribution in [2.45, 2.75) is 51.2 Å². The molecular weight excluding hydrogens is 441 g/mol. The number of benzene rings is 2. The lowest BCUT2D eigenvalue weighted by molar-refractivity contribution is 0.0655. The molecule has 2 aromatic carbocycles. The number of rotatable bonds is 10. The van der Waals surface area contributed by atoms with E-state index in [0.29, 0.717) is 17.7 Å². The molecule has 0 saturated heterocycles. The number of methoxy groups -OCH3 is 1. The van der Waals surface area contributed by atoms with Crippen LogP contribution in [-0.2, 0) is 20.8 Å². The number of ether oxygens (including phenoxy) is 3. The molecule has 0 heterocycles. The third-order valence-corrected chi connectivity index (χ3v) is 6.12. The fraction of sp³-hybridized carbons (Fsp3) is 0.357. The van der Waals surface area contributed by atoms with E-state index in [1.54, 1.807) is 50.4 Å². The van der Waals surface area contributed by atoms with Crippen LogP contribution in [0.5, 0.6) is 0 Å². The van der Waals surface area contributed by atoms with Gasteiger partial charge < -0.3 is 14.2 Å². The van der Waals surface area contributed by atoms with Crippen LogP contribution in [0.4, 0.5) is 13.2 Å². The van der Waals surface area contributed by atoms with Gasteiger partial charge in [-0.1, -0.05) is 49.6 Å². The highest BCUT2D eigenvalue weighted by Gasteiger charge is 2.26. The van der Waals surface area contributed by atoms with E-state index in [1.807, 2.05) is 0 Å². The minimum absolute atomic E-state index is 0.00252. The van der Waals surface area contributed by atoms with Crippen LogP contribution in [0.25, 0.3) is 11.1 Å². The minimum Gasteiger partial charge on any atom is -0.494 e. The van der Waals surface area contributed by atoms with Crippen LogP contribution in [0.3, 0.4) is 0 Å². The molecule has 2 aromatic rings. The third kappa shape index (κ3) is 6.32. The maximum absolute atomic E-state index is 14.9. The van der Waals surface area contributed by atoms with Gasteiger partial charge in [0, 0.05) is 18.7 Å². The number of hydrogen-bond acceptors (Lipinski definition) is 3. The Hall–Kier alpha value is -2.99. The average molecular weight is 473 g/mol. The van der Waals surface area contributed by atoms with E-state index >= 15 is 0 Å². The zero-order valence-corrected chi connectivity index (χ0v) is 19.7. The predicted molar refractivity (Wildman–Crippen MR) is 128 cm³/mol. The summed E-state index contributed by atoms with van der Waals surface area (Å²) < 4.78 is 59.8. The van der Waals surface area contributed by atoms with E-state index in [0.717, 1.165) is 37.3 Å². The van der Waals surface area contributed by atoms with Crippen LogP contribution in [0.1, 0.15) is 49.7 Å². The highest BCUT2D eigenvalue weighted by Crippen LogP contribution is 2.37. The molecular formula is C28H31F3O3. The Labute approximate surface area is 199 Å². The van der Waals surface area contributed by atoms with Gasteiger partial charge in [0.25, 0.3) is 0 Å². The Balaban J connectivity index is 1.65. The lowest BCUT2D eigenvalue weighted by Gasteiger charge is -2.28. The maximum atomic E-state index is 14.9. The third-order valence-electron chi connectivity index (χ3n) is 6.12. The molecule has 3 rings (SSSR count). The molecule has 0 amide bonds. The normalized spacial score (nSPS) is 18.4. The van der Waals surface area contributed by atoms with Crippen molar-refractivity contribution in [3.63, 3.8) is 0 Å². The van der Waals surface area contributed by atoms with Gasteiger partial charge in [0.15, 0.2) is 17.5 Å². The highest BCUT2D eigenvalue weighted by atomic mass is 19.2. The second-order valence-corrected chi connectivity index (χ2v) is 8.34. The van der Waals surface area contributed by atoms with Crippen molar-refractivity contribution in [3.05, 3.63) is 95.7 Å². The Morgan fingerprint density at radius 1 is 0.971 bits per heavy atom. The first-order valence-electron chi connectivity index (χ1n) is 11.4. The molecule has 0 aromatic heterocycles. The molecule has 0 radical (unpaired) electrons. The molecule has 0 aliphatic heterocycles. The first kappa shape index (κ1) is 25.6. The van der Waals surface area contributed by atoms with E-state index in [-0.39, 0.29) is 35.7 Å². The van der Waals surface area contributed by atoms with Crippen LogP contribution in [0.15, 0.2) is 73.0 Å². The largest absolute Gasteiger partial charge is 0.494 e. The van der Waals surface area contributed by atoms with Crippen LogP contribution in [-0.4, -0.2) is 19.8 Å². The zero-order chi connectivity index (χ0) is 24.7. The van der Waals surface area contributed by atoms with Crippen molar-refractivity contribution in [1.29, 1.82) is 0 Å². The van der Waals surface area contributed by atoms with Gasteiger partial charge >= 0.3 is 0 Å². The Morgan fingerprint density at radius 3 is 2.26 bits per heavy atom. The van der Waals surface area contributed by atoms with Gasteiger partial charge in [0.05, 0.1) is 12.7 Å². The van der Waals surface area contributed by atoms with Gasteiger partial charge in [-0.3, -0.25) is 0 Å². The molecule has 1 aliphatic carbocycles. The molecule has 1 saturated carbocycles. The molecule has 0 atom stereocenters. The van der Waals surface area contributed by atoms with Crippen LogP contribution in [0.2, 0.25) is 0 Å². The van der Waals surface area contributed by atoms with E-state index in [2.05, 4.69) is 13.2 Å². The van der Waals surface area contributed by atoms with Crippen molar-refractivity contribution in [2.75, 3.05) is 13.7 Å². The van der Waals surface area contributed by atoms with Gasteiger partial charge in [-0.25, -0.2) is 13.2 Å². The fourth-order valence-electron chi connectivity index (χ4n) is 4.18. The monoisotopic (exact) mass is 472 g/mol.